The minimum absolute atomic E-state index is 0.951. The zero-order valence-electron chi connectivity index (χ0n) is 34.5. The van der Waals surface area contributed by atoms with Crippen LogP contribution in [0.2, 0.25) is 0 Å². The maximum absolute atomic E-state index is 12.1. The summed E-state index contributed by atoms with van der Waals surface area (Å²) in [6, 6.07) is 17.9. The Bertz CT molecular complexity index is 1360. The molecule has 2 nitrogen and oxygen atoms in total. The first kappa shape index (κ1) is 43.7. The molecule has 0 unspecified atom stereocenters. The van der Waals surface area contributed by atoms with Crippen LogP contribution in [-0.4, -0.2) is 4.70 Å². The van der Waals surface area contributed by atoms with Crippen LogP contribution in [0.3, 0.4) is 0 Å². The van der Waals surface area contributed by atoms with Gasteiger partial charge >= 0.3 is 0 Å². The molecule has 0 radical (unpaired) electrons. The molecule has 0 spiro atoms. The number of unbranched alkanes of at least 4 members (excludes halogenated alkanes) is 21. The highest BCUT2D eigenvalue weighted by molar-refractivity contribution is 5.84. The van der Waals surface area contributed by atoms with Crippen LogP contribution < -0.4 is 0 Å². The summed E-state index contributed by atoms with van der Waals surface area (Å²) in [6.07, 6.45) is 41.4. The molecule has 0 aliphatic carbocycles. The number of benzene rings is 2. The van der Waals surface area contributed by atoms with E-state index in [-0.39, 0.29) is 0 Å². The third-order valence-corrected chi connectivity index (χ3v) is 11.1. The second-order valence-corrected chi connectivity index (χ2v) is 15.8. The molecule has 3 rings (SSSR count). The lowest BCUT2D eigenvalue weighted by Crippen LogP contribution is -2.03. The molecule has 0 N–H and O–H groups in total. The first-order valence-corrected chi connectivity index (χ1v) is 22.5. The van der Waals surface area contributed by atoms with Crippen LogP contribution in [0, 0.1) is 0 Å². The van der Waals surface area contributed by atoms with Crippen molar-refractivity contribution >= 4 is 11.4 Å². The Morgan fingerprint density at radius 3 is 1.33 bits per heavy atom. The van der Waals surface area contributed by atoms with Crippen LogP contribution in [-0.2, 0) is 12.8 Å². The minimum atomic E-state index is 0.951. The van der Waals surface area contributed by atoms with Crippen LogP contribution in [0.25, 0.3) is 16.9 Å². The smallest absolute Gasteiger partial charge is 0.215 e. The Morgan fingerprint density at radius 2 is 0.865 bits per heavy atom. The van der Waals surface area contributed by atoms with Crippen molar-refractivity contribution in [2.45, 2.75) is 207 Å². The van der Waals surface area contributed by atoms with Crippen LogP contribution >= 0.6 is 0 Å². The second kappa shape index (κ2) is 27.8. The van der Waals surface area contributed by atoms with Gasteiger partial charge in [-0.25, -0.2) is 4.70 Å². The predicted octanol–water partition coefficient (Wildman–Crippen LogP) is 16.7. The highest BCUT2D eigenvalue weighted by Gasteiger charge is 2.34. The van der Waals surface area contributed by atoms with Crippen LogP contribution in [0.15, 0.2) is 71.8 Å². The van der Waals surface area contributed by atoms with Gasteiger partial charge in [0.15, 0.2) is 0 Å². The fourth-order valence-corrected chi connectivity index (χ4v) is 7.86. The van der Waals surface area contributed by atoms with Gasteiger partial charge in [0.2, 0.25) is 11.4 Å². The molecule has 0 atom stereocenters. The van der Waals surface area contributed by atoms with Gasteiger partial charge in [-0.1, -0.05) is 193 Å². The lowest BCUT2D eigenvalue weighted by molar-refractivity contribution is -0.345. The lowest BCUT2D eigenvalue weighted by Gasteiger charge is -2.11. The number of rotatable bonds is 31. The van der Waals surface area contributed by atoms with Crippen molar-refractivity contribution in [2.24, 2.45) is 0 Å². The van der Waals surface area contributed by atoms with Crippen molar-refractivity contribution < 1.29 is 4.70 Å². The first-order valence-electron chi connectivity index (χ1n) is 22.5. The summed E-state index contributed by atoms with van der Waals surface area (Å²) < 4.78 is 1.54. The van der Waals surface area contributed by atoms with E-state index in [0.717, 1.165) is 61.0 Å². The Kier molecular flexibility index (Phi) is 23.3. The number of hydrogen-bond acceptors (Lipinski definition) is 0. The average molecular weight is 707 g/mol. The fourth-order valence-electron chi connectivity index (χ4n) is 7.86. The molecular formula is C50H78N2. The molecule has 1 aliphatic heterocycles. The highest BCUT2D eigenvalue weighted by atomic mass is 15.2. The Balaban J connectivity index is 1.55. The van der Waals surface area contributed by atoms with E-state index in [9.17, 15) is 5.53 Å². The molecule has 1 aliphatic rings. The Hall–Kier alpha value is -2.74. The Labute approximate surface area is 322 Å². The molecule has 0 aromatic heterocycles. The van der Waals surface area contributed by atoms with E-state index in [2.05, 4.69) is 88.4 Å². The van der Waals surface area contributed by atoms with Crippen LogP contribution in [0.1, 0.15) is 217 Å². The van der Waals surface area contributed by atoms with Crippen LogP contribution in [0.4, 0.5) is 0 Å². The molecule has 0 saturated heterocycles. The van der Waals surface area contributed by atoms with Gasteiger partial charge in [0.05, 0.1) is 5.57 Å². The zero-order valence-corrected chi connectivity index (χ0v) is 34.5. The van der Waals surface area contributed by atoms with Crippen molar-refractivity contribution in [3.8, 4) is 0 Å². The van der Waals surface area contributed by atoms with Gasteiger partial charge in [-0.05, 0) is 86.8 Å². The maximum Gasteiger partial charge on any atom is 0.215 e. The standard InChI is InChI=1S/C50H78N2/c1-5-9-13-14-15-16-17-18-19-20-21-22-23-24-25-26-27-28-29-30-40-48-47(39-12-8-4)49(45-37-31-35-43(41-45)33-10-6-2)52(51)50(48)46-38-32-36-44(42-46)34-11-7-3/h30-32,35-38,40-42H,5-29,33-34,39H2,1-4H3. The summed E-state index contributed by atoms with van der Waals surface area (Å²) >= 11 is 0. The maximum atomic E-state index is 12.1. The third kappa shape index (κ3) is 16.1. The molecule has 52 heavy (non-hydrogen) atoms. The molecule has 2 aromatic carbocycles. The van der Waals surface area contributed by atoms with E-state index >= 15 is 0 Å². The SMILES string of the molecule is CCCCCCCCCCCCCCCCCCCCC=CC1=C(c2cccc(CCCC)c2)[N+](=[N-])C(c2cccc(CCCC)c2)=C1CCCC. The summed E-state index contributed by atoms with van der Waals surface area (Å²) in [6.45, 7) is 9.09. The van der Waals surface area contributed by atoms with Gasteiger partial charge < -0.3 is 5.53 Å². The van der Waals surface area contributed by atoms with Gasteiger partial charge in [0, 0.05) is 16.7 Å². The van der Waals surface area contributed by atoms with E-state index in [0.29, 0.717) is 0 Å². The van der Waals surface area contributed by atoms with Crippen molar-refractivity contribution in [2.75, 3.05) is 0 Å². The molecular weight excluding hydrogens is 629 g/mol. The molecule has 288 valence electrons. The topological polar surface area (TPSA) is 25.3 Å². The summed E-state index contributed by atoms with van der Waals surface area (Å²) in [7, 11) is 0. The average Bonchev–Trinajstić information content (AvgIpc) is 3.44. The quantitative estimate of drug-likeness (QED) is 0.0551. The summed E-state index contributed by atoms with van der Waals surface area (Å²) in [5.41, 5.74) is 21.5. The van der Waals surface area contributed by atoms with Crippen molar-refractivity contribution in [1.82, 2.24) is 0 Å². The molecule has 2 heteroatoms. The number of aryl methyl sites for hydroxylation is 2. The number of allylic oxidation sites excluding steroid dienone is 4. The van der Waals surface area contributed by atoms with Crippen molar-refractivity contribution in [3.05, 3.63) is 99.6 Å². The number of nitrogens with zero attached hydrogens (tertiary/aromatic N) is 2. The number of hydrogen-bond donors (Lipinski definition) is 0. The first-order chi connectivity index (χ1) is 25.6. The van der Waals surface area contributed by atoms with Gasteiger partial charge in [0.25, 0.3) is 0 Å². The van der Waals surface area contributed by atoms with Crippen molar-refractivity contribution in [1.29, 1.82) is 0 Å². The highest BCUT2D eigenvalue weighted by Crippen LogP contribution is 2.43. The molecule has 1 heterocycles. The summed E-state index contributed by atoms with van der Waals surface area (Å²) in [5, 5.41) is 0. The second-order valence-electron chi connectivity index (χ2n) is 15.8. The van der Waals surface area contributed by atoms with Gasteiger partial charge in [-0.15, -0.1) is 0 Å². The van der Waals surface area contributed by atoms with E-state index in [4.69, 9.17) is 0 Å². The molecule has 0 amide bonds. The lowest BCUT2D eigenvalue weighted by atomic mass is 9.93. The van der Waals surface area contributed by atoms with E-state index in [1.807, 2.05) is 0 Å². The predicted molar refractivity (Wildman–Crippen MR) is 230 cm³/mol. The van der Waals surface area contributed by atoms with Crippen LogP contribution in [0.5, 0.6) is 0 Å². The van der Waals surface area contributed by atoms with Crippen molar-refractivity contribution in [3.63, 3.8) is 0 Å². The van der Waals surface area contributed by atoms with E-state index < -0.39 is 0 Å². The molecule has 2 aromatic rings. The van der Waals surface area contributed by atoms with E-state index in [1.165, 1.54) is 164 Å². The Morgan fingerprint density at radius 1 is 0.462 bits per heavy atom. The summed E-state index contributed by atoms with van der Waals surface area (Å²) in [4.78, 5) is 0. The van der Waals surface area contributed by atoms with E-state index in [1.54, 1.807) is 4.70 Å². The fraction of sp³-hybridized carbons (Fsp3) is 0.640. The normalized spacial score (nSPS) is 13.4. The monoisotopic (exact) mass is 707 g/mol. The van der Waals surface area contributed by atoms with Gasteiger partial charge in [0.1, 0.15) is 0 Å². The molecule has 0 bridgehead atoms. The molecule has 0 fully saturated rings. The van der Waals surface area contributed by atoms with Gasteiger partial charge in [-0.3, -0.25) is 0 Å². The molecule has 0 saturated carbocycles. The largest absolute Gasteiger partial charge is 0.493 e. The zero-order chi connectivity index (χ0) is 37.1. The minimum Gasteiger partial charge on any atom is -0.493 e. The van der Waals surface area contributed by atoms with Gasteiger partial charge in [-0.2, -0.15) is 0 Å². The third-order valence-electron chi connectivity index (χ3n) is 11.1. The summed E-state index contributed by atoms with van der Waals surface area (Å²) in [5.74, 6) is 0.